The molecule has 1 fully saturated rings. The Morgan fingerprint density at radius 2 is 1.11 bits per heavy atom. The molecule has 3 heterocycles. The van der Waals surface area contributed by atoms with Crippen molar-refractivity contribution in [1.29, 1.82) is 0 Å². The predicted molar refractivity (Wildman–Crippen MR) is 326 cm³/mol. The summed E-state index contributed by atoms with van der Waals surface area (Å²) in [5.41, 5.74) is 4.12. The number of aliphatic hydroxyl groups is 1. The van der Waals surface area contributed by atoms with E-state index in [9.17, 15) is 19.5 Å². The van der Waals surface area contributed by atoms with Gasteiger partial charge in [0.2, 0.25) is 5.60 Å². The molecule has 84 heavy (non-hydrogen) atoms. The highest BCUT2D eigenvalue weighted by Crippen LogP contribution is 2.45. The number of thiazole rings is 1. The van der Waals surface area contributed by atoms with E-state index in [-0.39, 0.29) is 42.6 Å². The number of nitrogens with zero attached hydrogens (tertiary/aromatic N) is 4. The molecule has 16 heteroatoms. The minimum atomic E-state index is -1.41. The number of amides is 3. The fraction of sp³-hybridized carbons (Fsp3) is 0.147. The Morgan fingerprint density at radius 1 is 0.667 bits per heavy atom. The van der Waals surface area contributed by atoms with Gasteiger partial charge >= 0.3 is 12.1 Å². The number of likely N-dealkylation sites (N-methyl/N-ethyl adjacent to an activating group) is 1. The van der Waals surface area contributed by atoms with Crippen LogP contribution in [-0.4, -0.2) is 93.5 Å². The summed E-state index contributed by atoms with van der Waals surface area (Å²) >= 11 is 2.56. The van der Waals surface area contributed by atoms with Crippen LogP contribution in [0.3, 0.4) is 0 Å². The lowest BCUT2D eigenvalue weighted by Gasteiger charge is -2.49. The summed E-state index contributed by atoms with van der Waals surface area (Å²) in [5, 5.41) is 22.6. The molecule has 14 nitrogen and oxygen atoms in total. The Hall–Kier alpha value is -9.61. The summed E-state index contributed by atoms with van der Waals surface area (Å²) in [6, 6.07) is 76.4. The molecular weight excluding hydrogens is 1090 g/mol. The molecule has 8 aromatic carbocycles. The van der Waals surface area contributed by atoms with Gasteiger partial charge in [0.1, 0.15) is 35.0 Å². The number of carbonyl (C=O) groups is 4. The molecule has 0 bridgehead atoms. The average molecular weight is 1150 g/mol. The molecule has 1 aromatic heterocycles. The fourth-order valence-electron chi connectivity index (χ4n) is 10.6. The number of aliphatic hydroxyl groups excluding tert-OH is 1. The minimum absolute atomic E-state index is 0.0159. The van der Waals surface area contributed by atoms with E-state index in [0.29, 0.717) is 21.8 Å². The van der Waals surface area contributed by atoms with E-state index < -0.39 is 52.5 Å². The SMILES string of the molecule is CN(CCO)C(=O)OCC1=C(C(=O)OC(c2ccccc2)c2ccccc2)N2C(=O)C(NC(=O)C(=NOC(c3ccccc3)(c3ccccc3)c3ccccc3)c3csc(NC(c4ccccc4)(c4ccccc4)c4ccccc4)n3)[C@@H]2SC1. The van der Waals surface area contributed by atoms with Gasteiger partial charge in [0.25, 0.3) is 11.8 Å². The number of oxime groups is 1. The molecule has 2 aliphatic rings. The maximum atomic E-state index is 15.5. The molecule has 11 rings (SSSR count). The van der Waals surface area contributed by atoms with E-state index in [1.54, 1.807) is 5.38 Å². The Kier molecular flexibility index (Phi) is 17.2. The standard InChI is InChI=1S/C68H58N6O8S2/c1-73(42-43-75)66(79)80-44-49-45-83-63-58(62(77)74(63)59(49)64(78)81-60(47-26-10-2-11-27-47)48-28-12-3-13-29-48)70-61(76)57(72-82-68(53-36-20-7-21-37-53,54-38-22-8-23-39-54)55-40-24-9-25-41-55)56-46-84-65(69-56)71-67(50-30-14-4-15-31-50,51-32-16-5-17-33-51)52-34-18-6-19-35-52/h2-41,46,58,60,63,75H,42-45H2,1H3,(H,69,71)(H,70,76)/t58?,63-/m0/s1. The molecule has 9 aromatic rings. The topological polar surface area (TPSA) is 172 Å². The van der Waals surface area contributed by atoms with Crippen LogP contribution in [0.4, 0.5) is 9.93 Å². The monoisotopic (exact) mass is 1150 g/mol. The number of rotatable bonds is 21. The molecule has 3 amide bonds. The van der Waals surface area contributed by atoms with Crippen molar-refractivity contribution < 1.29 is 38.6 Å². The van der Waals surface area contributed by atoms with Gasteiger partial charge in [-0.05, 0) is 27.8 Å². The smallest absolute Gasteiger partial charge is 0.409 e. The second-order valence-electron chi connectivity index (χ2n) is 19.9. The molecule has 1 unspecified atom stereocenters. The van der Waals surface area contributed by atoms with E-state index in [4.69, 9.17) is 24.5 Å². The van der Waals surface area contributed by atoms with Crippen LogP contribution >= 0.6 is 23.1 Å². The van der Waals surface area contributed by atoms with Gasteiger partial charge in [-0.2, -0.15) is 0 Å². The van der Waals surface area contributed by atoms with Crippen molar-refractivity contribution in [2.24, 2.45) is 5.16 Å². The number of aromatic nitrogens is 1. The summed E-state index contributed by atoms with van der Waals surface area (Å²) < 4.78 is 12.0. The molecule has 2 atom stereocenters. The predicted octanol–water partition coefficient (Wildman–Crippen LogP) is 11.3. The van der Waals surface area contributed by atoms with Crippen LogP contribution in [0.25, 0.3) is 0 Å². The lowest BCUT2D eigenvalue weighted by atomic mass is 9.77. The van der Waals surface area contributed by atoms with Crippen molar-refractivity contribution in [3.63, 3.8) is 0 Å². The lowest BCUT2D eigenvalue weighted by Crippen LogP contribution is -2.71. The molecule has 1 saturated heterocycles. The number of thioether (sulfide) groups is 1. The number of nitrogens with one attached hydrogen (secondary N) is 2. The van der Waals surface area contributed by atoms with Gasteiger partial charge in [0.05, 0.1) is 6.61 Å². The molecular formula is C68H58N6O8S2. The first-order valence-electron chi connectivity index (χ1n) is 27.3. The maximum absolute atomic E-state index is 15.5. The van der Waals surface area contributed by atoms with E-state index >= 15 is 4.79 Å². The van der Waals surface area contributed by atoms with Gasteiger partial charge in [-0.15, -0.1) is 23.1 Å². The summed E-state index contributed by atoms with van der Waals surface area (Å²) in [4.78, 5) is 73.2. The van der Waals surface area contributed by atoms with Crippen LogP contribution in [0.2, 0.25) is 0 Å². The van der Waals surface area contributed by atoms with Crippen molar-refractivity contribution in [2.75, 3.05) is 37.9 Å². The summed E-state index contributed by atoms with van der Waals surface area (Å²) in [6.45, 7) is -0.632. The molecule has 0 aliphatic carbocycles. The number of carbonyl (C=O) groups excluding carboxylic acids is 4. The number of ether oxygens (including phenoxy) is 2. The van der Waals surface area contributed by atoms with E-state index in [1.165, 1.54) is 39.9 Å². The zero-order chi connectivity index (χ0) is 57.9. The number of hydrogen-bond donors (Lipinski definition) is 3. The third kappa shape index (κ3) is 11.5. The van der Waals surface area contributed by atoms with Crippen LogP contribution in [-0.2, 0) is 39.8 Å². The van der Waals surface area contributed by atoms with Gasteiger partial charge in [-0.25, -0.2) is 14.6 Å². The Balaban J connectivity index is 0.985. The highest BCUT2D eigenvalue weighted by Gasteiger charge is 2.55. The normalized spacial score (nSPS) is 15.1. The molecule has 420 valence electrons. The molecule has 0 saturated carbocycles. The van der Waals surface area contributed by atoms with Gasteiger partial charge in [0.15, 0.2) is 16.9 Å². The van der Waals surface area contributed by atoms with Crippen molar-refractivity contribution in [3.8, 4) is 0 Å². The van der Waals surface area contributed by atoms with Crippen LogP contribution in [0.5, 0.6) is 0 Å². The Morgan fingerprint density at radius 3 is 1.56 bits per heavy atom. The van der Waals surface area contributed by atoms with E-state index in [2.05, 4.69) is 47.0 Å². The lowest BCUT2D eigenvalue weighted by molar-refractivity contribution is -0.154. The Labute approximate surface area is 495 Å². The van der Waals surface area contributed by atoms with E-state index in [0.717, 1.165) is 33.4 Å². The highest BCUT2D eigenvalue weighted by molar-refractivity contribution is 8.00. The summed E-state index contributed by atoms with van der Waals surface area (Å²) in [7, 11) is 1.48. The average Bonchev–Trinajstić information content (AvgIpc) is 2.77. The number of anilines is 1. The zero-order valence-electron chi connectivity index (χ0n) is 45.6. The number of hydrogen-bond acceptors (Lipinski definition) is 13. The number of fused-ring (bicyclic) bond motifs is 1. The fourth-order valence-corrected chi connectivity index (χ4v) is 12.7. The second kappa shape index (κ2) is 25.7. The first-order chi connectivity index (χ1) is 41.2. The van der Waals surface area contributed by atoms with Crippen LogP contribution in [0, 0.1) is 0 Å². The van der Waals surface area contributed by atoms with Crippen molar-refractivity contribution in [3.05, 3.63) is 310 Å². The highest BCUT2D eigenvalue weighted by atomic mass is 32.2. The molecule has 3 N–H and O–H groups in total. The van der Waals surface area contributed by atoms with Gasteiger partial charge in [0, 0.05) is 47.0 Å². The first kappa shape index (κ1) is 56.3. The number of esters is 1. The van der Waals surface area contributed by atoms with Crippen molar-refractivity contribution in [1.82, 2.24) is 20.1 Å². The van der Waals surface area contributed by atoms with Gasteiger partial charge in [-0.3, -0.25) is 14.5 Å². The quantitative estimate of drug-likeness (QED) is 0.0206. The van der Waals surface area contributed by atoms with Crippen LogP contribution in [0.1, 0.15) is 56.3 Å². The zero-order valence-corrected chi connectivity index (χ0v) is 47.3. The van der Waals surface area contributed by atoms with Crippen LogP contribution < -0.4 is 10.6 Å². The molecule has 2 aliphatic heterocycles. The van der Waals surface area contributed by atoms with Crippen molar-refractivity contribution >= 4 is 57.8 Å². The molecule has 0 spiro atoms. The Bertz CT molecular complexity index is 3540. The summed E-state index contributed by atoms with van der Waals surface area (Å²) in [5.74, 6) is -2.10. The minimum Gasteiger partial charge on any atom is -0.448 e. The first-order valence-corrected chi connectivity index (χ1v) is 29.2. The van der Waals surface area contributed by atoms with Gasteiger partial charge < -0.3 is 35.0 Å². The van der Waals surface area contributed by atoms with E-state index in [1.807, 2.05) is 206 Å². The van der Waals surface area contributed by atoms with Gasteiger partial charge in [-0.1, -0.05) is 248 Å². The third-order valence-corrected chi connectivity index (χ3v) is 16.9. The molecule has 0 radical (unpaired) electrons. The third-order valence-electron chi connectivity index (χ3n) is 14.8. The number of benzene rings is 8. The maximum Gasteiger partial charge on any atom is 0.409 e. The second-order valence-corrected chi connectivity index (χ2v) is 21.9. The number of β-lactam (4-membered cyclic amide) rings is 1. The largest absolute Gasteiger partial charge is 0.448 e. The van der Waals surface area contributed by atoms with Crippen LogP contribution in [0.15, 0.2) is 264 Å². The summed E-state index contributed by atoms with van der Waals surface area (Å²) in [6.07, 6.45) is -1.62. The van der Waals surface area contributed by atoms with Crippen molar-refractivity contribution in [2.45, 2.75) is 28.7 Å².